The molecule has 2 nitrogen and oxygen atoms in total. The molecule has 1 heterocycles. The first-order valence-corrected chi connectivity index (χ1v) is 6.85. The van der Waals surface area contributed by atoms with Gasteiger partial charge in [0.2, 0.25) is 0 Å². The molecule has 18 heavy (non-hydrogen) atoms. The number of hydrogen-bond donors (Lipinski definition) is 1. The minimum Gasteiger partial charge on any atom is -0.369 e. The zero-order chi connectivity index (χ0) is 13.2. The summed E-state index contributed by atoms with van der Waals surface area (Å²) in [5.41, 5.74) is 1.33. The lowest BCUT2D eigenvalue weighted by molar-refractivity contribution is -0.0233. The first-order chi connectivity index (χ1) is 8.42. The molecule has 0 spiro atoms. The van der Waals surface area contributed by atoms with E-state index in [-0.39, 0.29) is 11.0 Å². The van der Waals surface area contributed by atoms with Gasteiger partial charge < -0.3 is 10.1 Å². The summed E-state index contributed by atoms with van der Waals surface area (Å²) in [5.74, 6) is 0. The largest absolute Gasteiger partial charge is 0.369 e. The fourth-order valence-corrected chi connectivity index (χ4v) is 2.59. The molecule has 0 bridgehead atoms. The summed E-state index contributed by atoms with van der Waals surface area (Å²) >= 11 is 0. The van der Waals surface area contributed by atoms with Gasteiger partial charge in [-0.1, -0.05) is 51.1 Å². The average molecular weight is 247 g/mol. The van der Waals surface area contributed by atoms with Crippen molar-refractivity contribution in [3.63, 3.8) is 0 Å². The SMILES string of the molecule is CC1(c2ccccc2)CNC(C(C)(C)C)CCO1. The molecular weight excluding hydrogens is 222 g/mol. The van der Waals surface area contributed by atoms with Crippen LogP contribution in [0.2, 0.25) is 0 Å². The van der Waals surface area contributed by atoms with Crippen molar-refractivity contribution in [1.29, 1.82) is 0 Å². The molecule has 2 heteroatoms. The lowest BCUT2D eigenvalue weighted by atomic mass is 9.85. The van der Waals surface area contributed by atoms with Crippen LogP contribution in [0, 0.1) is 5.41 Å². The Morgan fingerprint density at radius 3 is 2.50 bits per heavy atom. The number of nitrogens with one attached hydrogen (secondary N) is 1. The first kappa shape index (κ1) is 13.6. The van der Waals surface area contributed by atoms with Crippen LogP contribution in [0.1, 0.15) is 39.7 Å². The smallest absolute Gasteiger partial charge is 0.103 e. The van der Waals surface area contributed by atoms with Gasteiger partial charge in [0.05, 0.1) is 0 Å². The fraction of sp³-hybridized carbons (Fsp3) is 0.625. The van der Waals surface area contributed by atoms with Crippen molar-refractivity contribution < 1.29 is 4.74 Å². The fourth-order valence-electron chi connectivity index (χ4n) is 2.59. The number of hydrogen-bond acceptors (Lipinski definition) is 2. The van der Waals surface area contributed by atoms with Crippen molar-refractivity contribution in [1.82, 2.24) is 5.32 Å². The third kappa shape index (κ3) is 2.93. The Morgan fingerprint density at radius 1 is 1.22 bits per heavy atom. The molecule has 2 atom stereocenters. The summed E-state index contributed by atoms with van der Waals surface area (Å²) in [5, 5.41) is 3.69. The average Bonchev–Trinajstić information content (AvgIpc) is 2.53. The van der Waals surface area contributed by atoms with Crippen LogP contribution < -0.4 is 5.32 Å². The van der Waals surface area contributed by atoms with Crippen molar-refractivity contribution in [3.05, 3.63) is 35.9 Å². The Morgan fingerprint density at radius 2 is 1.89 bits per heavy atom. The Bertz CT molecular complexity index is 382. The van der Waals surface area contributed by atoms with Crippen molar-refractivity contribution in [2.75, 3.05) is 13.2 Å². The molecular formula is C16H25NO. The molecule has 1 aliphatic rings. The van der Waals surface area contributed by atoms with Gasteiger partial charge in [-0.25, -0.2) is 0 Å². The molecule has 1 aromatic carbocycles. The van der Waals surface area contributed by atoms with Crippen LogP contribution in [0.25, 0.3) is 0 Å². The molecule has 1 saturated heterocycles. The van der Waals surface area contributed by atoms with E-state index < -0.39 is 0 Å². The van der Waals surface area contributed by atoms with E-state index >= 15 is 0 Å². The Kier molecular flexibility index (Phi) is 3.79. The molecule has 2 rings (SSSR count). The van der Waals surface area contributed by atoms with Gasteiger partial charge in [-0.2, -0.15) is 0 Å². The van der Waals surface area contributed by atoms with Gasteiger partial charge in [-0.05, 0) is 24.3 Å². The molecule has 0 saturated carbocycles. The molecule has 0 aliphatic carbocycles. The standard InChI is InChI=1S/C16H25NO/c1-15(2,3)14-10-11-18-16(4,12-17-14)13-8-6-5-7-9-13/h5-9,14,17H,10-12H2,1-4H3. The molecule has 1 N–H and O–H groups in total. The quantitative estimate of drug-likeness (QED) is 0.822. The second-order valence-corrected chi connectivity index (χ2v) is 6.53. The van der Waals surface area contributed by atoms with E-state index in [1.807, 2.05) is 0 Å². The summed E-state index contributed by atoms with van der Waals surface area (Å²) in [7, 11) is 0. The topological polar surface area (TPSA) is 21.3 Å². The molecule has 0 radical (unpaired) electrons. The molecule has 1 aliphatic heterocycles. The summed E-state index contributed by atoms with van der Waals surface area (Å²) in [6.45, 7) is 10.7. The van der Waals surface area contributed by atoms with Crippen LogP contribution >= 0.6 is 0 Å². The minimum absolute atomic E-state index is 0.207. The maximum Gasteiger partial charge on any atom is 0.103 e. The van der Waals surface area contributed by atoms with E-state index in [2.05, 4.69) is 63.3 Å². The van der Waals surface area contributed by atoms with Crippen LogP contribution in [0.4, 0.5) is 0 Å². The summed E-state index contributed by atoms with van der Waals surface area (Å²) in [6, 6.07) is 11.0. The lowest BCUT2D eigenvalue weighted by Crippen LogP contribution is -2.44. The number of rotatable bonds is 1. The molecule has 0 amide bonds. The second kappa shape index (κ2) is 5.02. The molecule has 100 valence electrons. The predicted molar refractivity (Wildman–Crippen MR) is 75.6 cm³/mol. The van der Waals surface area contributed by atoms with E-state index in [1.54, 1.807) is 0 Å². The molecule has 1 fully saturated rings. The van der Waals surface area contributed by atoms with E-state index in [0.29, 0.717) is 6.04 Å². The van der Waals surface area contributed by atoms with Crippen LogP contribution in [0.5, 0.6) is 0 Å². The van der Waals surface area contributed by atoms with Crippen LogP contribution in [-0.4, -0.2) is 19.2 Å². The van der Waals surface area contributed by atoms with Gasteiger partial charge in [-0.3, -0.25) is 0 Å². The highest BCUT2D eigenvalue weighted by Crippen LogP contribution is 2.30. The van der Waals surface area contributed by atoms with Gasteiger partial charge in [0.1, 0.15) is 5.60 Å². The van der Waals surface area contributed by atoms with Crippen molar-refractivity contribution >= 4 is 0 Å². The van der Waals surface area contributed by atoms with Gasteiger partial charge >= 0.3 is 0 Å². The maximum atomic E-state index is 6.14. The maximum absolute atomic E-state index is 6.14. The van der Waals surface area contributed by atoms with E-state index in [4.69, 9.17) is 4.74 Å². The third-order valence-electron chi connectivity index (χ3n) is 3.94. The zero-order valence-corrected chi connectivity index (χ0v) is 12.0. The Hall–Kier alpha value is -0.860. The minimum atomic E-state index is -0.207. The van der Waals surface area contributed by atoms with Gasteiger partial charge in [0, 0.05) is 19.2 Å². The highest BCUT2D eigenvalue weighted by atomic mass is 16.5. The van der Waals surface area contributed by atoms with Crippen molar-refractivity contribution in [2.45, 2.75) is 45.8 Å². The monoisotopic (exact) mass is 247 g/mol. The van der Waals surface area contributed by atoms with Gasteiger partial charge in [-0.15, -0.1) is 0 Å². The Labute approximate surface area is 111 Å². The highest BCUT2D eigenvalue weighted by Gasteiger charge is 2.34. The van der Waals surface area contributed by atoms with Gasteiger partial charge in [0.25, 0.3) is 0 Å². The third-order valence-corrected chi connectivity index (χ3v) is 3.94. The molecule has 1 aromatic rings. The predicted octanol–water partition coefficient (Wildman–Crippen LogP) is 3.33. The van der Waals surface area contributed by atoms with Crippen molar-refractivity contribution in [3.8, 4) is 0 Å². The van der Waals surface area contributed by atoms with Crippen molar-refractivity contribution in [2.24, 2.45) is 5.41 Å². The van der Waals surface area contributed by atoms with Crippen LogP contribution in [0.3, 0.4) is 0 Å². The highest BCUT2D eigenvalue weighted by molar-refractivity contribution is 5.22. The molecule has 2 unspecified atom stereocenters. The zero-order valence-electron chi connectivity index (χ0n) is 12.0. The number of ether oxygens (including phenoxy) is 1. The van der Waals surface area contributed by atoms with Gasteiger partial charge in [0.15, 0.2) is 0 Å². The van der Waals surface area contributed by atoms with Crippen LogP contribution in [0.15, 0.2) is 30.3 Å². The summed E-state index contributed by atoms with van der Waals surface area (Å²) < 4.78 is 6.14. The normalized spacial score (nSPS) is 29.9. The summed E-state index contributed by atoms with van der Waals surface area (Å²) in [4.78, 5) is 0. The van der Waals surface area contributed by atoms with E-state index in [9.17, 15) is 0 Å². The van der Waals surface area contributed by atoms with E-state index in [1.165, 1.54) is 5.56 Å². The van der Waals surface area contributed by atoms with E-state index in [0.717, 1.165) is 19.6 Å². The lowest BCUT2D eigenvalue weighted by Gasteiger charge is -2.32. The first-order valence-electron chi connectivity index (χ1n) is 6.85. The molecule has 0 aromatic heterocycles. The second-order valence-electron chi connectivity index (χ2n) is 6.53. The van der Waals surface area contributed by atoms with Crippen LogP contribution in [-0.2, 0) is 10.3 Å². The summed E-state index contributed by atoms with van der Waals surface area (Å²) in [6.07, 6.45) is 1.08. The number of benzene rings is 1. The Balaban J connectivity index is 2.14.